The van der Waals surface area contributed by atoms with Gasteiger partial charge in [0.25, 0.3) is 11.2 Å². The number of nitro benzene ring substituents is 1. The number of H-pyrrole nitrogens is 1. The number of benzene rings is 1. The number of nitrogens with zero attached hydrogens (tertiary/aromatic N) is 2. The second kappa shape index (κ2) is 4.48. The van der Waals surface area contributed by atoms with E-state index in [0.717, 1.165) is 12.4 Å². The molecule has 2 aromatic rings. The number of carbonyl (C=O) groups is 1. The molecule has 19 heavy (non-hydrogen) atoms. The number of hydrogen-bond acceptors (Lipinski definition) is 5. The summed E-state index contributed by atoms with van der Waals surface area (Å²) < 4.78 is 0. The highest BCUT2D eigenvalue weighted by atomic mass is 16.6. The normalized spacial score (nSPS) is 12.3. The van der Waals surface area contributed by atoms with Crippen LogP contribution in [-0.2, 0) is 4.79 Å². The van der Waals surface area contributed by atoms with Crippen molar-refractivity contribution in [2.75, 3.05) is 0 Å². The monoisotopic (exact) mass is 263 g/mol. The lowest BCUT2D eigenvalue weighted by Crippen LogP contribution is -2.12. The Labute approximate surface area is 105 Å². The smallest absolute Gasteiger partial charge is 0.310 e. The van der Waals surface area contributed by atoms with Gasteiger partial charge in [-0.25, -0.2) is 4.98 Å². The number of nitro groups is 1. The molecule has 8 heteroatoms. The average molecular weight is 263 g/mol. The van der Waals surface area contributed by atoms with Crippen molar-refractivity contribution in [1.29, 1.82) is 0 Å². The Morgan fingerprint density at radius 2 is 2.21 bits per heavy atom. The molecule has 0 aliphatic carbocycles. The van der Waals surface area contributed by atoms with Crippen LogP contribution in [0.25, 0.3) is 10.9 Å². The zero-order valence-electron chi connectivity index (χ0n) is 9.78. The average Bonchev–Trinajstić information content (AvgIpc) is 2.36. The number of aromatic amines is 1. The minimum Gasteiger partial charge on any atom is -0.481 e. The van der Waals surface area contributed by atoms with Crippen molar-refractivity contribution in [1.82, 2.24) is 9.97 Å². The molecule has 2 N–H and O–H groups in total. The molecule has 0 spiro atoms. The first kappa shape index (κ1) is 12.7. The van der Waals surface area contributed by atoms with Crippen molar-refractivity contribution >= 4 is 22.6 Å². The molecule has 0 saturated heterocycles. The van der Waals surface area contributed by atoms with Gasteiger partial charge in [0.05, 0.1) is 28.1 Å². The summed E-state index contributed by atoms with van der Waals surface area (Å²) in [5.41, 5.74) is -0.677. The molecule has 98 valence electrons. The SMILES string of the molecule is CC(C(=O)O)c1cc2nc[nH]c(=O)c2cc1[N+](=O)[O-]. The van der Waals surface area contributed by atoms with Crippen LogP contribution in [0, 0.1) is 10.1 Å². The summed E-state index contributed by atoms with van der Waals surface area (Å²) in [6.45, 7) is 1.34. The summed E-state index contributed by atoms with van der Waals surface area (Å²) in [5.74, 6) is -2.25. The van der Waals surface area contributed by atoms with E-state index in [2.05, 4.69) is 9.97 Å². The number of carboxylic acids is 1. The van der Waals surface area contributed by atoms with Gasteiger partial charge in [0.15, 0.2) is 0 Å². The van der Waals surface area contributed by atoms with Gasteiger partial charge in [0, 0.05) is 11.6 Å². The second-order valence-corrected chi connectivity index (χ2v) is 3.98. The predicted molar refractivity (Wildman–Crippen MR) is 65.1 cm³/mol. The van der Waals surface area contributed by atoms with Crippen LogP contribution in [0.2, 0.25) is 0 Å². The lowest BCUT2D eigenvalue weighted by Gasteiger charge is -2.08. The summed E-state index contributed by atoms with van der Waals surface area (Å²) in [5, 5.41) is 20.0. The van der Waals surface area contributed by atoms with Crippen LogP contribution in [0.1, 0.15) is 18.4 Å². The van der Waals surface area contributed by atoms with Crippen LogP contribution in [0.15, 0.2) is 23.3 Å². The van der Waals surface area contributed by atoms with Crippen molar-refractivity contribution < 1.29 is 14.8 Å². The highest BCUT2D eigenvalue weighted by Crippen LogP contribution is 2.29. The molecule has 1 unspecified atom stereocenters. The number of hydrogen-bond donors (Lipinski definition) is 2. The molecule has 8 nitrogen and oxygen atoms in total. The molecule has 1 aromatic carbocycles. The van der Waals surface area contributed by atoms with Crippen molar-refractivity contribution in [3.05, 3.63) is 44.5 Å². The molecular formula is C11H9N3O5. The van der Waals surface area contributed by atoms with Gasteiger partial charge in [-0.2, -0.15) is 0 Å². The quantitative estimate of drug-likeness (QED) is 0.628. The highest BCUT2D eigenvalue weighted by molar-refractivity contribution is 5.85. The highest BCUT2D eigenvalue weighted by Gasteiger charge is 2.25. The van der Waals surface area contributed by atoms with Crippen molar-refractivity contribution in [3.63, 3.8) is 0 Å². The molecule has 1 aromatic heterocycles. The summed E-state index contributed by atoms with van der Waals surface area (Å²) >= 11 is 0. The van der Waals surface area contributed by atoms with Crippen LogP contribution < -0.4 is 5.56 Å². The number of aromatic nitrogens is 2. The molecule has 0 saturated carbocycles. The number of fused-ring (bicyclic) bond motifs is 1. The molecule has 0 fully saturated rings. The summed E-state index contributed by atoms with van der Waals surface area (Å²) in [4.78, 5) is 39.0. The molecule has 0 radical (unpaired) electrons. The van der Waals surface area contributed by atoms with Crippen LogP contribution in [-0.4, -0.2) is 26.0 Å². The molecule has 1 atom stereocenters. The van der Waals surface area contributed by atoms with Gasteiger partial charge in [0.1, 0.15) is 0 Å². The topological polar surface area (TPSA) is 126 Å². The minimum absolute atomic E-state index is 0.0168. The Hall–Kier alpha value is -2.77. The first-order valence-corrected chi connectivity index (χ1v) is 5.30. The van der Waals surface area contributed by atoms with Crippen molar-refractivity contribution in [2.24, 2.45) is 0 Å². The minimum atomic E-state index is -1.19. The van der Waals surface area contributed by atoms with E-state index in [1.807, 2.05) is 0 Å². The van der Waals surface area contributed by atoms with E-state index in [1.54, 1.807) is 0 Å². The molecule has 0 bridgehead atoms. The van der Waals surface area contributed by atoms with Crippen LogP contribution in [0.3, 0.4) is 0 Å². The van der Waals surface area contributed by atoms with Gasteiger partial charge in [-0.05, 0) is 13.0 Å². The Kier molecular flexibility index (Phi) is 2.99. The van der Waals surface area contributed by atoms with E-state index in [1.165, 1.54) is 13.0 Å². The Morgan fingerprint density at radius 1 is 1.53 bits per heavy atom. The molecule has 0 aliphatic heterocycles. The predicted octanol–water partition coefficient (Wildman–Crippen LogP) is 1.02. The number of carboxylic acid groups (broad SMARTS) is 1. The summed E-state index contributed by atoms with van der Waals surface area (Å²) in [6, 6.07) is 2.32. The van der Waals surface area contributed by atoms with Gasteiger partial charge >= 0.3 is 5.97 Å². The number of aliphatic carboxylic acids is 1. The number of nitrogens with one attached hydrogen (secondary N) is 1. The van der Waals surface area contributed by atoms with E-state index in [9.17, 15) is 19.7 Å². The third-order valence-corrected chi connectivity index (χ3v) is 2.82. The Bertz CT molecular complexity index is 737. The van der Waals surface area contributed by atoms with E-state index in [4.69, 9.17) is 5.11 Å². The van der Waals surface area contributed by atoms with E-state index < -0.39 is 28.1 Å². The lowest BCUT2D eigenvalue weighted by atomic mass is 9.98. The van der Waals surface area contributed by atoms with Crippen LogP contribution in [0.4, 0.5) is 5.69 Å². The summed E-state index contributed by atoms with van der Waals surface area (Å²) in [6.07, 6.45) is 1.16. The van der Waals surface area contributed by atoms with Gasteiger partial charge in [-0.1, -0.05) is 0 Å². The van der Waals surface area contributed by atoms with Crippen LogP contribution in [0.5, 0.6) is 0 Å². The summed E-state index contributed by atoms with van der Waals surface area (Å²) in [7, 11) is 0. The van der Waals surface area contributed by atoms with E-state index in [0.29, 0.717) is 0 Å². The molecule has 0 aliphatic rings. The van der Waals surface area contributed by atoms with Crippen LogP contribution >= 0.6 is 0 Å². The second-order valence-electron chi connectivity index (χ2n) is 3.98. The molecule has 0 amide bonds. The van der Waals surface area contributed by atoms with Gasteiger partial charge in [0.2, 0.25) is 0 Å². The zero-order chi connectivity index (χ0) is 14.2. The third kappa shape index (κ3) is 2.15. The maximum absolute atomic E-state index is 11.5. The van der Waals surface area contributed by atoms with Gasteiger partial charge in [-0.15, -0.1) is 0 Å². The Morgan fingerprint density at radius 3 is 2.79 bits per heavy atom. The van der Waals surface area contributed by atoms with E-state index >= 15 is 0 Å². The zero-order valence-corrected chi connectivity index (χ0v) is 9.78. The third-order valence-electron chi connectivity index (χ3n) is 2.82. The molecular weight excluding hydrogens is 254 g/mol. The van der Waals surface area contributed by atoms with Gasteiger partial charge < -0.3 is 10.1 Å². The first-order valence-electron chi connectivity index (χ1n) is 5.30. The largest absolute Gasteiger partial charge is 0.481 e. The standard InChI is InChI=1S/C11H9N3O5/c1-5(11(16)17)6-2-8-7(3-9(6)14(18)19)10(15)13-4-12-8/h2-5H,1H3,(H,16,17)(H,12,13,15). The number of rotatable bonds is 3. The maximum Gasteiger partial charge on any atom is 0.310 e. The van der Waals surface area contributed by atoms with Crippen molar-refractivity contribution in [3.8, 4) is 0 Å². The Balaban J connectivity index is 2.82. The first-order chi connectivity index (χ1) is 8.91. The molecule has 1 heterocycles. The maximum atomic E-state index is 11.5. The fraction of sp³-hybridized carbons (Fsp3) is 0.182. The molecule has 2 rings (SSSR count). The fourth-order valence-electron chi connectivity index (χ4n) is 1.76. The van der Waals surface area contributed by atoms with Crippen molar-refractivity contribution in [2.45, 2.75) is 12.8 Å². The van der Waals surface area contributed by atoms with E-state index in [-0.39, 0.29) is 16.5 Å². The fourth-order valence-corrected chi connectivity index (χ4v) is 1.76. The lowest BCUT2D eigenvalue weighted by molar-refractivity contribution is -0.385. The van der Waals surface area contributed by atoms with Gasteiger partial charge in [-0.3, -0.25) is 19.7 Å².